The van der Waals surface area contributed by atoms with Gasteiger partial charge in [-0.15, -0.1) is 0 Å². The Morgan fingerprint density at radius 1 is 1.65 bits per heavy atom. The number of aliphatic carboxylic acids is 1. The predicted molar refractivity (Wildman–Crippen MR) is 56.6 cm³/mol. The van der Waals surface area contributed by atoms with Crippen molar-refractivity contribution in [3.05, 3.63) is 17.5 Å². The molecule has 1 unspecified atom stereocenters. The fourth-order valence-corrected chi connectivity index (χ4v) is 1.20. The van der Waals surface area contributed by atoms with Crippen molar-refractivity contribution in [1.29, 1.82) is 0 Å². The van der Waals surface area contributed by atoms with Crippen molar-refractivity contribution in [1.82, 2.24) is 10.5 Å². The van der Waals surface area contributed by atoms with Crippen molar-refractivity contribution >= 4 is 11.9 Å². The van der Waals surface area contributed by atoms with E-state index in [9.17, 15) is 9.59 Å². The van der Waals surface area contributed by atoms with Gasteiger partial charge in [0.1, 0.15) is 0 Å². The smallest absolute Gasteiger partial charge is 0.306 e. The Labute approximate surface area is 97.7 Å². The summed E-state index contributed by atoms with van der Waals surface area (Å²) in [6.45, 7) is 1.80. The van der Waals surface area contributed by atoms with Gasteiger partial charge in [-0.3, -0.25) is 9.59 Å². The monoisotopic (exact) mass is 242 g/mol. The van der Waals surface area contributed by atoms with E-state index in [1.54, 1.807) is 6.92 Å². The fourth-order valence-electron chi connectivity index (χ4n) is 1.20. The molecule has 7 heteroatoms. The molecule has 0 bridgehead atoms. The molecule has 1 aromatic heterocycles. The molecule has 7 nitrogen and oxygen atoms in total. The number of carboxylic acids is 1. The predicted octanol–water partition coefficient (Wildman–Crippen LogP) is 0.203. The SMILES string of the molecule is COC(CNC(=O)c1cc(C)no1)CC(=O)O. The average molecular weight is 242 g/mol. The van der Waals surface area contributed by atoms with Gasteiger partial charge in [-0.05, 0) is 6.92 Å². The fraction of sp³-hybridized carbons (Fsp3) is 0.500. The standard InChI is InChI=1S/C10H14N2O5/c1-6-3-8(17-12-6)10(15)11-5-7(16-2)4-9(13)14/h3,7H,4-5H2,1-2H3,(H,11,15)(H,13,14). The molecule has 0 fully saturated rings. The summed E-state index contributed by atoms with van der Waals surface area (Å²) in [5, 5.41) is 14.7. The Balaban J connectivity index is 2.44. The lowest BCUT2D eigenvalue weighted by Gasteiger charge is -2.12. The first-order valence-electron chi connectivity index (χ1n) is 4.99. The maximum Gasteiger partial charge on any atom is 0.306 e. The minimum Gasteiger partial charge on any atom is -0.481 e. The zero-order valence-corrected chi connectivity index (χ0v) is 9.60. The summed E-state index contributed by atoms with van der Waals surface area (Å²) < 4.78 is 9.66. The van der Waals surface area contributed by atoms with Gasteiger partial charge < -0.3 is 19.7 Å². The van der Waals surface area contributed by atoms with E-state index in [0.29, 0.717) is 5.69 Å². The number of ether oxygens (including phenoxy) is 1. The molecule has 2 N–H and O–H groups in total. The van der Waals surface area contributed by atoms with E-state index in [1.165, 1.54) is 13.2 Å². The molecule has 1 amide bonds. The molecular formula is C10H14N2O5. The van der Waals surface area contributed by atoms with Crippen LogP contribution in [0.2, 0.25) is 0 Å². The van der Waals surface area contributed by atoms with Crippen LogP contribution >= 0.6 is 0 Å². The maximum absolute atomic E-state index is 11.5. The molecule has 17 heavy (non-hydrogen) atoms. The first-order valence-corrected chi connectivity index (χ1v) is 4.99. The van der Waals surface area contributed by atoms with Crippen molar-refractivity contribution in [2.45, 2.75) is 19.4 Å². The molecule has 1 atom stereocenters. The second kappa shape index (κ2) is 6.00. The van der Waals surface area contributed by atoms with Gasteiger partial charge in [-0.2, -0.15) is 0 Å². The molecule has 0 spiro atoms. The van der Waals surface area contributed by atoms with Gasteiger partial charge in [-0.25, -0.2) is 0 Å². The second-order valence-electron chi connectivity index (χ2n) is 3.50. The maximum atomic E-state index is 11.5. The molecule has 0 aromatic carbocycles. The first-order chi connectivity index (χ1) is 8.02. The van der Waals surface area contributed by atoms with Gasteiger partial charge in [-0.1, -0.05) is 5.16 Å². The first kappa shape index (κ1) is 13.2. The summed E-state index contributed by atoms with van der Waals surface area (Å²) in [5.74, 6) is -1.34. The summed E-state index contributed by atoms with van der Waals surface area (Å²) in [5.41, 5.74) is 0.601. The Morgan fingerprint density at radius 2 is 2.35 bits per heavy atom. The molecule has 1 rings (SSSR count). The Morgan fingerprint density at radius 3 is 2.82 bits per heavy atom. The van der Waals surface area contributed by atoms with Crippen LogP contribution < -0.4 is 5.32 Å². The molecule has 0 aliphatic heterocycles. The number of methoxy groups -OCH3 is 1. The number of carbonyl (C=O) groups excluding carboxylic acids is 1. The average Bonchev–Trinajstić information content (AvgIpc) is 2.70. The summed E-state index contributed by atoms with van der Waals surface area (Å²) >= 11 is 0. The molecule has 1 aromatic rings. The van der Waals surface area contributed by atoms with Crippen molar-refractivity contribution in [2.75, 3.05) is 13.7 Å². The third-order valence-corrected chi connectivity index (χ3v) is 2.08. The zero-order valence-electron chi connectivity index (χ0n) is 9.60. The molecule has 94 valence electrons. The number of carboxylic acid groups (broad SMARTS) is 1. The highest BCUT2D eigenvalue weighted by atomic mass is 16.5. The number of nitrogens with one attached hydrogen (secondary N) is 1. The van der Waals surface area contributed by atoms with Gasteiger partial charge in [0.25, 0.3) is 5.91 Å². The topological polar surface area (TPSA) is 102 Å². The van der Waals surface area contributed by atoms with E-state index < -0.39 is 18.0 Å². The summed E-state index contributed by atoms with van der Waals surface area (Å²) in [6.07, 6.45) is -0.743. The highest BCUT2D eigenvalue weighted by Gasteiger charge is 2.16. The van der Waals surface area contributed by atoms with Crippen LogP contribution in [-0.4, -0.2) is 41.9 Å². The van der Waals surface area contributed by atoms with Gasteiger partial charge in [0.05, 0.1) is 18.2 Å². The molecule has 0 saturated heterocycles. The Kier molecular flexibility index (Phi) is 4.65. The minimum absolute atomic E-state index is 0.0904. The molecule has 1 heterocycles. The number of rotatable bonds is 6. The third kappa shape index (κ3) is 4.23. The van der Waals surface area contributed by atoms with E-state index in [2.05, 4.69) is 10.5 Å². The van der Waals surface area contributed by atoms with Crippen molar-refractivity contribution in [3.63, 3.8) is 0 Å². The molecule has 0 saturated carbocycles. The Bertz CT molecular complexity index is 401. The molecule has 0 radical (unpaired) electrons. The minimum atomic E-state index is -0.985. The lowest BCUT2D eigenvalue weighted by Crippen LogP contribution is -2.34. The van der Waals surface area contributed by atoms with Crippen LogP contribution in [-0.2, 0) is 9.53 Å². The summed E-state index contributed by atoms with van der Waals surface area (Å²) in [7, 11) is 1.39. The number of carbonyl (C=O) groups is 2. The lowest BCUT2D eigenvalue weighted by atomic mass is 10.2. The van der Waals surface area contributed by atoms with Gasteiger partial charge in [0.15, 0.2) is 0 Å². The second-order valence-corrected chi connectivity index (χ2v) is 3.50. The van der Waals surface area contributed by atoms with Crippen LogP contribution in [0.15, 0.2) is 10.6 Å². The van der Waals surface area contributed by atoms with Crippen LogP contribution in [0, 0.1) is 6.92 Å². The number of hydrogen-bond donors (Lipinski definition) is 2. The van der Waals surface area contributed by atoms with Crippen LogP contribution in [0.25, 0.3) is 0 Å². The van der Waals surface area contributed by atoms with E-state index in [0.717, 1.165) is 0 Å². The number of amides is 1. The molecule has 0 aliphatic carbocycles. The van der Waals surface area contributed by atoms with Crippen molar-refractivity contribution < 1.29 is 24.0 Å². The van der Waals surface area contributed by atoms with E-state index in [4.69, 9.17) is 14.4 Å². The molecular weight excluding hydrogens is 228 g/mol. The number of hydrogen-bond acceptors (Lipinski definition) is 5. The van der Waals surface area contributed by atoms with Crippen molar-refractivity contribution in [2.24, 2.45) is 0 Å². The largest absolute Gasteiger partial charge is 0.481 e. The number of nitrogens with zero attached hydrogens (tertiary/aromatic N) is 1. The van der Waals surface area contributed by atoms with Crippen LogP contribution in [0.3, 0.4) is 0 Å². The van der Waals surface area contributed by atoms with E-state index in [1.807, 2.05) is 0 Å². The van der Waals surface area contributed by atoms with Crippen molar-refractivity contribution in [3.8, 4) is 0 Å². The van der Waals surface area contributed by atoms with Crippen LogP contribution in [0.4, 0.5) is 0 Å². The zero-order chi connectivity index (χ0) is 12.8. The lowest BCUT2D eigenvalue weighted by molar-refractivity contribution is -0.139. The molecule has 0 aliphatic rings. The Hall–Kier alpha value is -1.89. The summed E-state index contributed by atoms with van der Waals surface area (Å²) in [6, 6.07) is 1.49. The number of aromatic nitrogens is 1. The van der Waals surface area contributed by atoms with Crippen LogP contribution in [0.5, 0.6) is 0 Å². The highest BCUT2D eigenvalue weighted by Crippen LogP contribution is 2.02. The highest BCUT2D eigenvalue weighted by molar-refractivity contribution is 5.91. The summed E-state index contributed by atoms with van der Waals surface area (Å²) in [4.78, 5) is 22.0. The number of aryl methyl sites for hydroxylation is 1. The van der Waals surface area contributed by atoms with Gasteiger partial charge in [0, 0.05) is 19.7 Å². The normalized spacial score (nSPS) is 12.1. The quantitative estimate of drug-likeness (QED) is 0.739. The van der Waals surface area contributed by atoms with E-state index >= 15 is 0 Å². The third-order valence-electron chi connectivity index (χ3n) is 2.08. The van der Waals surface area contributed by atoms with Crippen LogP contribution in [0.1, 0.15) is 22.7 Å². The van der Waals surface area contributed by atoms with Gasteiger partial charge >= 0.3 is 5.97 Å². The van der Waals surface area contributed by atoms with Gasteiger partial charge in [0.2, 0.25) is 5.76 Å². The van der Waals surface area contributed by atoms with E-state index in [-0.39, 0.29) is 18.7 Å².